The Morgan fingerprint density at radius 3 is 2.67 bits per heavy atom. The lowest BCUT2D eigenvalue weighted by molar-refractivity contribution is 0.510. The maximum Gasteiger partial charge on any atom is 0.145 e. The van der Waals surface area contributed by atoms with Crippen LogP contribution in [-0.4, -0.2) is 6.61 Å². The second-order valence-electron chi connectivity index (χ2n) is 1.16. The fourth-order valence-corrected chi connectivity index (χ4v) is 0.269. The lowest BCUT2D eigenvalue weighted by Gasteiger charge is -1.56. The molecular weight excluding hydrogens is 76.1 g/mol. The molecule has 1 fully saturated rings. The van der Waals surface area contributed by atoms with E-state index in [1.54, 1.807) is 6.08 Å². The Bertz CT molecular complexity index is 86.1. The van der Waals surface area contributed by atoms with Crippen LogP contribution >= 0.6 is 0 Å². The largest absolute Gasteiger partial charge is 0.486 e. The van der Waals surface area contributed by atoms with E-state index in [0.29, 0.717) is 0 Å². The van der Waals surface area contributed by atoms with Crippen LogP contribution in [0.4, 0.5) is 0 Å². The lowest BCUT2D eigenvalue weighted by atomic mass is 10.5. The molecule has 0 N–H and O–H groups in total. The molecule has 0 aromatic rings. The normalized spacial score (nSPS) is 23.0. The molecule has 32 valence electrons. The van der Waals surface area contributed by atoms with Crippen LogP contribution in [0.3, 0.4) is 0 Å². The summed E-state index contributed by atoms with van der Waals surface area (Å²) in [5.41, 5.74) is 0. The molecule has 1 saturated heterocycles. The fourth-order valence-electron chi connectivity index (χ4n) is 0.269. The average molecular weight is 82.1 g/mol. The van der Waals surface area contributed by atoms with Crippen LogP contribution in [0.2, 0.25) is 0 Å². The molecule has 0 saturated carbocycles. The highest BCUT2D eigenvalue weighted by molar-refractivity contribution is 5.11. The molecule has 0 unspecified atom stereocenters. The molecule has 0 atom stereocenters. The summed E-state index contributed by atoms with van der Waals surface area (Å²) in [4.78, 5) is 0. The van der Waals surface area contributed by atoms with Crippen molar-refractivity contribution < 1.29 is 4.74 Å². The third-order valence-corrected chi connectivity index (χ3v) is 0.615. The van der Waals surface area contributed by atoms with Crippen LogP contribution in [0.25, 0.3) is 0 Å². The van der Waals surface area contributed by atoms with Gasteiger partial charge in [-0.1, -0.05) is 12.7 Å². The molecule has 0 aromatic heterocycles. The maximum absolute atomic E-state index is 4.74. The SMILES string of the molecule is C=CC=C1CO1. The first kappa shape index (κ1) is 3.47. The van der Waals surface area contributed by atoms with Gasteiger partial charge in [-0.2, -0.15) is 0 Å². The third-order valence-electron chi connectivity index (χ3n) is 0.615. The second-order valence-corrected chi connectivity index (χ2v) is 1.16. The lowest BCUT2D eigenvalue weighted by Crippen LogP contribution is -1.40. The van der Waals surface area contributed by atoms with Gasteiger partial charge in [0.2, 0.25) is 0 Å². The highest BCUT2D eigenvalue weighted by Gasteiger charge is 2.08. The van der Waals surface area contributed by atoms with Gasteiger partial charge in [-0.15, -0.1) is 0 Å². The van der Waals surface area contributed by atoms with Crippen molar-refractivity contribution in [2.24, 2.45) is 0 Å². The number of ether oxygens (including phenoxy) is 1. The van der Waals surface area contributed by atoms with E-state index in [1.807, 2.05) is 6.08 Å². The van der Waals surface area contributed by atoms with Crippen molar-refractivity contribution in [2.75, 3.05) is 6.61 Å². The van der Waals surface area contributed by atoms with E-state index in [2.05, 4.69) is 6.58 Å². The summed E-state index contributed by atoms with van der Waals surface area (Å²) < 4.78 is 4.74. The van der Waals surface area contributed by atoms with E-state index < -0.39 is 0 Å². The van der Waals surface area contributed by atoms with Gasteiger partial charge < -0.3 is 4.74 Å². The van der Waals surface area contributed by atoms with Crippen molar-refractivity contribution in [3.8, 4) is 0 Å². The number of rotatable bonds is 1. The quantitative estimate of drug-likeness (QED) is 0.431. The Balaban J connectivity index is 2.42. The minimum Gasteiger partial charge on any atom is -0.486 e. The number of allylic oxidation sites excluding steroid dienone is 2. The fraction of sp³-hybridized carbons (Fsp3) is 0.200. The number of epoxide rings is 1. The van der Waals surface area contributed by atoms with Crippen molar-refractivity contribution in [1.29, 1.82) is 0 Å². The zero-order valence-electron chi connectivity index (χ0n) is 3.48. The minimum atomic E-state index is 0.812. The molecule has 1 aliphatic heterocycles. The average Bonchev–Trinajstić information content (AvgIpc) is 2.21. The van der Waals surface area contributed by atoms with Gasteiger partial charge >= 0.3 is 0 Å². The first-order valence-electron chi connectivity index (χ1n) is 1.88. The number of hydrogen-bond acceptors (Lipinski definition) is 1. The Kier molecular flexibility index (Phi) is 0.675. The third kappa shape index (κ3) is 0.612. The number of hydrogen-bond donors (Lipinski definition) is 0. The van der Waals surface area contributed by atoms with Crippen molar-refractivity contribution >= 4 is 0 Å². The first-order chi connectivity index (χ1) is 2.93. The Labute approximate surface area is 36.9 Å². The smallest absolute Gasteiger partial charge is 0.145 e. The van der Waals surface area contributed by atoms with Crippen LogP contribution in [-0.2, 0) is 4.74 Å². The van der Waals surface area contributed by atoms with E-state index in [-0.39, 0.29) is 0 Å². The molecule has 1 aliphatic rings. The molecule has 1 nitrogen and oxygen atoms in total. The van der Waals surface area contributed by atoms with E-state index >= 15 is 0 Å². The van der Waals surface area contributed by atoms with E-state index in [9.17, 15) is 0 Å². The summed E-state index contributed by atoms with van der Waals surface area (Å²) in [6.07, 6.45) is 3.59. The monoisotopic (exact) mass is 82.0 g/mol. The van der Waals surface area contributed by atoms with Gasteiger partial charge in [-0.3, -0.25) is 0 Å². The molecule has 1 rings (SSSR count). The minimum absolute atomic E-state index is 0.812. The molecule has 0 aliphatic carbocycles. The van der Waals surface area contributed by atoms with Crippen molar-refractivity contribution in [3.05, 3.63) is 24.5 Å². The zero-order valence-corrected chi connectivity index (χ0v) is 3.48. The molecule has 0 aromatic carbocycles. The predicted octanol–water partition coefficient (Wildman–Crippen LogP) is 1.09. The molecular formula is C5H6O. The standard InChI is InChI=1S/C5H6O/c1-2-3-5-4-6-5/h2-3H,1,4H2. The topological polar surface area (TPSA) is 12.5 Å². The second kappa shape index (κ2) is 1.17. The van der Waals surface area contributed by atoms with Crippen LogP contribution in [0.15, 0.2) is 24.5 Å². The molecule has 0 radical (unpaired) electrons. The van der Waals surface area contributed by atoms with Gasteiger partial charge in [0.25, 0.3) is 0 Å². The van der Waals surface area contributed by atoms with Gasteiger partial charge in [-0.25, -0.2) is 0 Å². The summed E-state index contributed by atoms with van der Waals surface area (Å²) in [5.74, 6) is 1.05. The summed E-state index contributed by atoms with van der Waals surface area (Å²) in [5, 5.41) is 0. The highest BCUT2D eigenvalue weighted by Crippen LogP contribution is 2.12. The van der Waals surface area contributed by atoms with Crippen molar-refractivity contribution in [3.63, 3.8) is 0 Å². The van der Waals surface area contributed by atoms with Crippen LogP contribution in [0.5, 0.6) is 0 Å². The van der Waals surface area contributed by atoms with Crippen LogP contribution < -0.4 is 0 Å². The van der Waals surface area contributed by atoms with E-state index in [4.69, 9.17) is 4.74 Å². The van der Waals surface area contributed by atoms with Crippen molar-refractivity contribution in [1.82, 2.24) is 0 Å². The Hall–Kier alpha value is -0.720. The molecule has 0 bridgehead atoms. The van der Waals surface area contributed by atoms with Crippen molar-refractivity contribution in [2.45, 2.75) is 0 Å². The molecule has 0 amide bonds. The summed E-state index contributed by atoms with van der Waals surface area (Å²) >= 11 is 0. The van der Waals surface area contributed by atoms with Gasteiger partial charge in [0, 0.05) is 0 Å². The Morgan fingerprint density at radius 2 is 2.50 bits per heavy atom. The van der Waals surface area contributed by atoms with Crippen LogP contribution in [0.1, 0.15) is 0 Å². The molecule has 0 spiro atoms. The van der Waals surface area contributed by atoms with Gasteiger partial charge in [-0.05, 0) is 6.08 Å². The van der Waals surface area contributed by atoms with Crippen LogP contribution in [0, 0.1) is 0 Å². The summed E-state index contributed by atoms with van der Waals surface area (Å²) in [6, 6.07) is 0. The van der Waals surface area contributed by atoms with E-state index in [0.717, 1.165) is 12.4 Å². The Morgan fingerprint density at radius 1 is 1.83 bits per heavy atom. The first-order valence-corrected chi connectivity index (χ1v) is 1.88. The molecule has 6 heavy (non-hydrogen) atoms. The zero-order chi connectivity index (χ0) is 4.41. The predicted molar refractivity (Wildman–Crippen MR) is 24.2 cm³/mol. The highest BCUT2D eigenvalue weighted by atomic mass is 16.6. The van der Waals surface area contributed by atoms with Gasteiger partial charge in [0.15, 0.2) is 0 Å². The molecule has 1 heterocycles. The van der Waals surface area contributed by atoms with Gasteiger partial charge in [0.05, 0.1) is 0 Å². The molecule has 1 heteroatoms. The maximum atomic E-state index is 4.74. The van der Waals surface area contributed by atoms with E-state index in [1.165, 1.54) is 0 Å². The summed E-state index contributed by atoms with van der Waals surface area (Å²) in [6.45, 7) is 4.30. The summed E-state index contributed by atoms with van der Waals surface area (Å²) in [7, 11) is 0. The van der Waals surface area contributed by atoms with Gasteiger partial charge in [0.1, 0.15) is 12.4 Å².